The Labute approximate surface area is 109 Å². The maximum absolute atomic E-state index is 13.4. The van der Waals surface area contributed by atoms with Crippen LogP contribution in [0.2, 0.25) is 0 Å². The van der Waals surface area contributed by atoms with Gasteiger partial charge in [0.25, 0.3) is 0 Å². The highest BCUT2D eigenvalue weighted by Gasteiger charge is 2.24. The molecule has 94 valence electrons. The first-order valence-corrected chi connectivity index (χ1v) is 6.07. The molecule has 17 heavy (non-hydrogen) atoms. The smallest absolute Gasteiger partial charge is 0.239 e. The molecule has 0 bridgehead atoms. The Morgan fingerprint density at radius 1 is 1.47 bits per heavy atom. The number of halogens is 2. The number of likely N-dealkylation sites (N-methyl/N-ethyl adjacent to an activating group) is 1. The van der Waals surface area contributed by atoms with Gasteiger partial charge in [0, 0.05) is 16.6 Å². The maximum Gasteiger partial charge on any atom is 0.239 e. The van der Waals surface area contributed by atoms with Crippen LogP contribution in [-0.2, 0) is 11.3 Å². The quantitative estimate of drug-likeness (QED) is 0.895. The Morgan fingerprint density at radius 2 is 2.12 bits per heavy atom. The van der Waals surface area contributed by atoms with Crippen LogP contribution in [0.1, 0.15) is 19.4 Å². The lowest BCUT2D eigenvalue weighted by Gasteiger charge is -2.22. The van der Waals surface area contributed by atoms with Crippen LogP contribution in [0, 0.1) is 5.82 Å². The first-order chi connectivity index (χ1) is 7.86. The second-order valence-corrected chi connectivity index (χ2v) is 5.21. The summed E-state index contributed by atoms with van der Waals surface area (Å²) in [7, 11) is 1.71. The van der Waals surface area contributed by atoms with Gasteiger partial charge in [-0.1, -0.05) is 15.9 Å². The third-order valence-electron chi connectivity index (χ3n) is 2.64. The second kappa shape index (κ2) is 5.60. The summed E-state index contributed by atoms with van der Waals surface area (Å²) < 4.78 is 14.2. The van der Waals surface area contributed by atoms with Crippen molar-refractivity contribution in [1.29, 1.82) is 0 Å². The number of amides is 1. The molecular formula is C12H16BrFN2O. The van der Waals surface area contributed by atoms with Crippen LogP contribution in [-0.4, -0.2) is 18.5 Å². The molecule has 3 nitrogen and oxygen atoms in total. The zero-order chi connectivity index (χ0) is 13.1. The molecular weight excluding hydrogens is 287 g/mol. The van der Waals surface area contributed by atoms with E-state index in [1.807, 2.05) is 0 Å². The lowest BCUT2D eigenvalue weighted by molar-refractivity contribution is -0.126. The summed E-state index contributed by atoms with van der Waals surface area (Å²) in [5.41, 5.74) is -0.206. The molecule has 0 unspecified atom stereocenters. The third kappa shape index (κ3) is 3.78. The second-order valence-electron chi connectivity index (χ2n) is 4.29. The molecule has 0 spiro atoms. The van der Waals surface area contributed by atoms with Gasteiger partial charge in [0.1, 0.15) is 5.82 Å². The molecule has 1 aromatic rings. The SMILES string of the molecule is CNC(C)(C)C(=O)NCc1cc(Br)ccc1F. The summed E-state index contributed by atoms with van der Waals surface area (Å²) in [4.78, 5) is 11.8. The molecule has 0 heterocycles. The van der Waals surface area contributed by atoms with Gasteiger partial charge >= 0.3 is 0 Å². The number of hydrogen-bond donors (Lipinski definition) is 2. The van der Waals surface area contributed by atoms with E-state index in [1.165, 1.54) is 6.07 Å². The van der Waals surface area contributed by atoms with Crippen LogP contribution in [0.3, 0.4) is 0 Å². The number of carbonyl (C=O) groups excluding carboxylic acids is 1. The zero-order valence-corrected chi connectivity index (χ0v) is 11.7. The fourth-order valence-corrected chi connectivity index (χ4v) is 1.60. The molecule has 2 N–H and O–H groups in total. The van der Waals surface area contributed by atoms with E-state index < -0.39 is 5.54 Å². The number of carbonyl (C=O) groups is 1. The number of rotatable bonds is 4. The molecule has 0 aliphatic carbocycles. The molecule has 0 aliphatic heterocycles. The molecule has 0 atom stereocenters. The van der Waals surface area contributed by atoms with Crippen molar-refractivity contribution in [3.05, 3.63) is 34.1 Å². The van der Waals surface area contributed by atoms with E-state index in [0.717, 1.165) is 4.47 Å². The average molecular weight is 303 g/mol. The standard InChI is InChI=1S/C12H16BrFN2O/c1-12(2,15-3)11(17)16-7-8-6-9(13)4-5-10(8)14/h4-6,15H,7H2,1-3H3,(H,16,17). The van der Waals surface area contributed by atoms with E-state index in [0.29, 0.717) is 5.56 Å². The molecule has 0 saturated heterocycles. The van der Waals surface area contributed by atoms with Crippen LogP contribution in [0.25, 0.3) is 0 Å². The summed E-state index contributed by atoms with van der Waals surface area (Å²) in [6, 6.07) is 4.65. The van der Waals surface area contributed by atoms with Crippen LogP contribution in [0.15, 0.2) is 22.7 Å². The summed E-state index contributed by atoms with van der Waals surface area (Å²) in [5.74, 6) is -0.491. The lowest BCUT2D eigenvalue weighted by Crippen LogP contribution is -2.50. The molecule has 0 aromatic heterocycles. The minimum Gasteiger partial charge on any atom is -0.350 e. The van der Waals surface area contributed by atoms with Crippen molar-refractivity contribution in [1.82, 2.24) is 10.6 Å². The van der Waals surface area contributed by atoms with Crippen molar-refractivity contribution >= 4 is 21.8 Å². The fourth-order valence-electron chi connectivity index (χ4n) is 1.19. The average Bonchev–Trinajstić information content (AvgIpc) is 2.29. The lowest BCUT2D eigenvalue weighted by atomic mass is 10.1. The van der Waals surface area contributed by atoms with Gasteiger partial charge in [-0.2, -0.15) is 0 Å². The first-order valence-electron chi connectivity index (χ1n) is 5.28. The summed E-state index contributed by atoms with van der Waals surface area (Å²) >= 11 is 3.26. The summed E-state index contributed by atoms with van der Waals surface area (Å²) in [5, 5.41) is 5.58. The number of nitrogens with one attached hydrogen (secondary N) is 2. The van der Waals surface area contributed by atoms with E-state index in [9.17, 15) is 9.18 Å². The first kappa shape index (κ1) is 14.1. The van der Waals surface area contributed by atoms with Gasteiger partial charge in [-0.25, -0.2) is 4.39 Å². The summed E-state index contributed by atoms with van der Waals surface area (Å²) in [6.07, 6.45) is 0. The van der Waals surface area contributed by atoms with Crippen LogP contribution >= 0.6 is 15.9 Å². The molecule has 5 heteroatoms. The Kier molecular flexibility index (Phi) is 4.65. The van der Waals surface area contributed by atoms with E-state index in [-0.39, 0.29) is 18.3 Å². The fraction of sp³-hybridized carbons (Fsp3) is 0.417. The minimum absolute atomic E-state index is 0.167. The molecule has 0 radical (unpaired) electrons. The van der Waals surface area contributed by atoms with Crippen molar-refractivity contribution < 1.29 is 9.18 Å². The maximum atomic E-state index is 13.4. The van der Waals surface area contributed by atoms with E-state index in [2.05, 4.69) is 26.6 Å². The molecule has 1 amide bonds. The van der Waals surface area contributed by atoms with Crippen LogP contribution in [0.4, 0.5) is 4.39 Å². The van der Waals surface area contributed by atoms with Crippen molar-refractivity contribution in [2.75, 3.05) is 7.05 Å². The molecule has 1 rings (SSSR count). The van der Waals surface area contributed by atoms with Crippen LogP contribution < -0.4 is 10.6 Å². The highest BCUT2D eigenvalue weighted by atomic mass is 79.9. The van der Waals surface area contributed by atoms with E-state index in [4.69, 9.17) is 0 Å². The molecule has 0 aliphatic rings. The monoisotopic (exact) mass is 302 g/mol. The topological polar surface area (TPSA) is 41.1 Å². The predicted octanol–water partition coefficient (Wildman–Crippen LogP) is 2.20. The third-order valence-corrected chi connectivity index (χ3v) is 3.13. The van der Waals surface area contributed by atoms with Gasteiger partial charge in [-0.3, -0.25) is 4.79 Å². The van der Waals surface area contributed by atoms with Crippen molar-refractivity contribution in [2.45, 2.75) is 25.9 Å². The highest BCUT2D eigenvalue weighted by molar-refractivity contribution is 9.10. The normalized spacial score (nSPS) is 11.4. The van der Waals surface area contributed by atoms with Gasteiger partial charge in [0.15, 0.2) is 0 Å². The predicted molar refractivity (Wildman–Crippen MR) is 69.1 cm³/mol. The Hall–Kier alpha value is -0.940. The van der Waals surface area contributed by atoms with Gasteiger partial charge in [0.05, 0.1) is 5.54 Å². The highest BCUT2D eigenvalue weighted by Crippen LogP contribution is 2.15. The van der Waals surface area contributed by atoms with Crippen molar-refractivity contribution in [2.24, 2.45) is 0 Å². The van der Waals surface area contributed by atoms with E-state index in [1.54, 1.807) is 33.0 Å². The number of benzene rings is 1. The molecule has 0 fully saturated rings. The Morgan fingerprint density at radius 3 is 2.71 bits per heavy atom. The van der Waals surface area contributed by atoms with Crippen LogP contribution in [0.5, 0.6) is 0 Å². The van der Waals surface area contributed by atoms with Gasteiger partial charge in [-0.05, 0) is 39.1 Å². The largest absolute Gasteiger partial charge is 0.350 e. The molecule has 1 aromatic carbocycles. The number of hydrogen-bond acceptors (Lipinski definition) is 2. The Bertz CT molecular complexity index is 421. The van der Waals surface area contributed by atoms with Gasteiger partial charge in [-0.15, -0.1) is 0 Å². The van der Waals surface area contributed by atoms with E-state index >= 15 is 0 Å². The summed E-state index contributed by atoms with van der Waals surface area (Å²) in [6.45, 7) is 3.70. The van der Waals surface area contributed by atoms with Gasteiger partial charge < -0.3 is 10.6 Å². The van der Waals surface area contributed by atoms with Crippen molar-refractivity contribution in [3.8, 4) is 0 Å². The van der Waals surface area contributed by atoms with Crippen molar-refractivity contribution in [3.63, 3.8) is 0 Å². The minimum atomic E-state index is -0.664. The molecule has 0 saturated carbocycles. The zero-order valence-electron chi connectivity index (χ0n) is 10.1. The van der Waals surface area contributed by atoms with Gasteiger partial charge in [0.2, 0.25) is 5.91 Å². The Balaban J connectivity index is 2.68.